The third kappa shape index (κ3) is 3.54. The number of aliphatic imine (C=N–C) groups is 1. The Morgan fingerprint density at radius 3 is 2.42 bits per heavy atom. The molecule has 6 nitrogen and oxygen atoms in total. The Labute approximate surface area is 110 Å². The predicted octanol–water partition coefficient (Wildman–Crippen LogP) is 1.88. The monoisotopic (exact) mass is 265 g/mol. The lowest BCUT2D eigenvalue weighted by atomic mass is 10.1. The van der Waals surface area contributed by atoms with E-state index in [2.05, 4.69) is 4.99 Å². The number of rotatable bonds is 5. The molecule has 0 saturated carbocycles. The van der Waals surface area contributed by atoms with E-state index in [1.807, 2.05) is 6.92 Å². The van der Waals surface area contributed by atoms with Crippen LogP contribution in [0.15, 0.2) is 23.2 Å². The van der Waals surface area contributed by atoms with Gasteiger partial charge in [-0.2, -0.15) is 0 Å². The summed E-state index contributed by atoms with van der Waals surface area (Å²) in [7, 11) is 1.44. The van der Waals surface area contributed by atoms with Gasteiger partial charge in [-0.25, -0.2) is 9.79 Å². The first-order chi connectivity index (χ1) is 8.86. The molecule has 0 aromatic heterocycles. The zero-order valence-electron chi connectivity index (χ0n) is 10.9. The number of methoxy groups -OCH3 is 1. The third-order valence-corrected chi connectivity index (χ3v) is 2.57. The van der Waals surface area contributed by atoms with Gasteiger partial charge in [0.2, 0.25) is 0 Å². The minimum Gasteiger partial charge on any atom is -0.494 e. The van der Waals surface area contributed by atoms with Crippen LogP contribution in [0.2, 0.25) is 0 Å². The van der Waals surface area contributed by atoms with Crippen molar-refractivity contribution >= 4 is 23.3 Å². The predicted molar refractivity (Wildman–Crippen MR) is 69.3 cm³/mol. The van der Waals surface area contributed by atoms with Gasteiger partial charge >= 0.3 is 11.9 Å². The molecule has 0 fully saturated rings. The topological polar surface area (TPSA) is 96.2 Å². The minimum absolute atomic E-state index is 0.299. The molecule has 19 heavy (non-hydrogen) atoms. The number of carboxylic acids is 2. The minimum atomic E-state index is -1.36. The molecule has 0 saturated heterocycles. The summed E-state index contributed by atoms with van der Waals surface area (Å²) in [6, 6.07) is 5.08. The van der Waals surface area contributed by atoms with E-state index in [1.165, 1.54) is 14.0 Å². The summed E-state index contributed by atoms with van der Waals surface area (Å²) in [5, 5.41) is 17.9. The van der Waals surface area contributed by atoms with Crippen molar-refractivity contribution in [1.82, 2.24) is 0 Å². The average molecular weight is 265 g/mol. The second kappa shape index (κ2) is 5.99. The Bertz CT molecular complexity index is 536. The van der Waals surface area contributed by atoms with Crippen molar-refractivity contribution in [3.63, 3.8) is 0 Å². The number of aliphatic carboxylic acids is 2. The molecule has 0 heterocycles. The van der Waals surface area contributed by atoms with Gasteiger partial charge in [0.1, 0.15) is 23.1 Å². The van der Waals surface area contributed by atoms with E-state index in [1.54, 1.807) is 18.2 Å². The molecule has 1 aromatic rings. The van der Waals surface area contributed by atoms with E-state index < -0.39 is 23.6 Å². The fraction of sp³-hybridized carbons (Fsp3) is 0.308. The number of nitrogens with zero attached hydrogens (tertiary/aromatic N) is 1. The van der Waals surface area contributed by atoms with E-state index in [0.29, 0.717) is 11.4 Å². The van der Waals surface area contributed by atoms with Crippen LogP contribution in [0.1, 0.15) is 12.5 Å². The summed E-state index contributed by atoms with van der Waals surface area (Å²) in [4.78, 5) is 25.9. The molecule has 1 unspecified atom stereocenters. The van der Waals surface area contributed by atoms with E-state index in [0.717, 1.165) is 5.56 Å². The molecule has 0 aliphatic carbocycles. The van der Waals surface area contributed by atoms with Gasteiger partial charge in [0.25, 0.3) is 0 Å². The van der Waals surface area contributed by atoms with Gasteiger partial charge in [0.05, 0.1) is 7.11 Å². The molecule has 2 N–H and O–H groups in total. The van der Waals surface area contributed by atoms with Crippen LogP contribution < -0.4 is 4.74 Å². The number of benzene rings is 1. The molecule has 0 aliphatic heterocycles. The zero-order chi connectivity index (χ0) is 14.6. The first-order valence-electron chi connectivity index (χ1n) is 5.56. The Morgan fingerprint density at radius 2 is 1.95 bits per heavy atom. The third-order valence-electron chi connectivity index (χ3n) is 2.57. The molecule has 6 heteroatoms. The van der Waals surface area contributed by atoms with Crippen molar-refractivity contribution in [3.8, 4) is 5.75 Å². The van der Waals surface area contributed by atoms with Crippen LogP contribution in [-0.2, 0) is 9.59 Å². The summed E-state index contributed by atoms with van der Waals surface area (Å²) in [5.74, 6) is -3.42. The Hall–Kier alpha value is -2.37. The lowest BCUT2D eigenvalue weighted by Crippen LogP contribution is -2.27. The molecule has 0 amide bonds. The van der Waals surface area contributed by atoms with Crippen molar-refractivity contribution in [2.75, 3.05) is 7.11 Å². The fourth-order valence-electron chi connectivity index (χ4n) is 1.46. The Morgan fingerprint density at radius 1 is 1.32 bits per heavy atom. The molecule has 1 atom stereocenters. The highest BCUT2D eigenvalue weighted by atomic mass is 16.5. The number of carboxylic acid groups (broad SMARTS) is 2. The van der Waals surface area contributed by atoms with Gasteiger partial charge < -0.3 is 14.9 Å². The fourth-order valence-corrected chi connectivity index (χ4v) is 1.46. The maximum Gasteiger partial charge on any atom is 0.351 e. The molecule has 1 aromatic carbocycles. The number of hydrogen-bond donors (Lipinski definition) is 2. The molecule has 0 aliphatic rings. The second-order valence-corrected chi connectivity index (χ2v) is 4.04. The normalized spacial score (nSPS) is 12.9. The molecular weight excluding hydrogens is 250 g/mol. The van der Waals surface area contributed by atoms with E-state index in [-0.39, 0.29) is 0 Å². The van der Waals surface area contributed by atoms with Gasteiger partial charge in [0.15, 0.2) is 0 Å². The maximum atomic E-state index is 11.1. The molecule has 0 spiro atoms. The maximum absolute atomic E-state index is 11.1. The highest BCUT2D eigenvalue weighted by Gasteiger charge is 2.25. The smallest absolute Gasteiger partial charge is 0.351 e. The van der Waals surface area contributed by atoms with Crippen molar-refractivity contribution in [1.29, 1.82) is 0 Å². The summed E-state index contributed by atoms with van der Waals surface area (Å²) >= 11 is 0. The quantitative estimate of drug-likeness (QED) is 0.792. The van der Waals surface area contributed by atoms with Crippen LogP contribution in [0.5, 0.6) is 5.75 Å². The summed E-state index contributed by atoms with van der Waals surface area (Å²) in [5.41, 5.74) is 0.733. The van der Waals surface area contributed by atoms with Crippen LogP contribution in [0, 0.1) is 12.8 Å². The van der Waals surface area contributed by atoms with Crippen LogP contribution in [-0.4, -0.2) is 35.0 Å². The van der Waals surface area contributed by atoms with Gasteiger partial charge in [-0.3, -0.25) is 4.79 Å². The lowest BCUT2D eigenvalue weighted by molar-refractivity contribution is -0.140. The van der Waals surface area contributed by atoms with Gasteiger partial charge in [-0.05, 0) is 31.5 Å². The molecular formula is C13H15NO5. The number of aryl methyl sites for hydroxylation is 1. The largest absolute Gasteiger partial charge is 0.494 e. The molecule has 0 radical (unpaired) electrons. The van der Waals surface area contributed by atoms with Crippen LogP contribution in [0.25, 0.3) is 0 Å². The van der Waals surface area contributed by atoms with Crippen molar-refractivity contribution in [3.05, 3.63) is 23.8 Å². The highest BCUT2D eigenvalue weighted by molar-refractivity contribution is 6.40. The van der Waals surface area contributed by atoms with E-state index in [9.17, 15) is 9.59 Å². The van der Waals surface area contributed by atoms with Gasteiger partial charge in [0, 0.05) is 0 Å². The number of carbonyl (C=O) groups is 2. The van der Waals surface area contributed by atoms with Crippen molar-refractivity contribution in [2.45, 2.75) is 13.8 Å². The molecule has 102 valence electrons. The molecule has 1 rings (SSSR count). The standard InChI is InChI=1S/C13H15NO5/c1-7-4-5-10(19-3)9(6-7)14-11(13(17)18)8(2)12(15)16/h4-6,8H,1-3H3,(H,15,16)(H,17,18). The van der Waals surface area contributed by atoms with Crippen molar-refractivity contribution in [2.24, 2.45) is 10.9 Å². The number of hydrogen-bond acceptors (Lipinski definition) is 4. The average Bonchev–Trinajstić information content (AvgIpc) is 2.34. The second-order valence-electron chi connectivity index (χ2n) is 4.04. The van der Waals surface area contributed by atoms with Crippen LogP contribution in [0.3, 0.4) is 0 Å². The zero-order valence-corrected chi connectivity index (χ0v) is 10.9. The van der Waals surface area contributed by atoms with Gasteiger partial charge in [-0.15, -0.1) is 0 Å². The summed E-state index contributed by atoms with van der Waals surface area (Å²) < 4.78 is 5.07. The first-order valence-corrected chi connectivity index (χ1v) is 5.56. The van der Waals surface area contributed by atoms with E-state index >= 15 is 0 Å². The Kier molecular flexibility index (Phi) is 4.63. The SMILES string of the molecule is COc1ccc(C)cc1N=C(C(=O)O)C(C)C(=O)O. The lowest BCUT2D eigenvalue weighted by Gasteiger charge is -2.09. The number of ether oxygens (including phenoxy) is 1. The summed E-state index contributed by atoms with van der Waals surface area (Å²) in [6.45, 7) is 3.09. The Balaban J connectivity index is 3.33. The van der Waals surface area contributed by atoms with Crippen LogP contribution >= 0.6 is 0 Å². The molecule has 0 bridgehead atoms. The first kappa shape index (κ1) is 14.7. The highest BCUT2D eigenvalue weighted by Crippen LogP contribution is 2.29. The van der Waals surface area contributed by atoms with Gasteiger partial charge in [-0.1, -0.05) is 6.07 Å². The van der Waals surface area contributed by atoms with Crippen LogP contribution in [0.4, 0.5) is 5.69 Å². The van der Waals surface area contributed by atoms with Crippen molar-refractivity contribution < 1.29 is 24.5 Å². The van der Waals surface area contributed by atoms with E-state index in [4.69, 9.17) is 14.9 Å². The summed E-state index contributed by atoms with van der Waals surface area (Å²) in [6.07, 6.45) is 0.